The third-order valence-electron chi connectivity index (χ3n) is 3.20. The number of allylic oxidation sites excluding steroid dienone is 2. The summed E-state index contributed by atoms with van der Waals surface area (Å²) < 4.78 is 1.40. The Bertz CT molecular complexity index is 918. The molecule has 0 aliphatic carbocycles. The average Bonchev–Trinajstić information content (AvgIpc) is 3.14. The third kappa shape index (κ3) is 3.78. The van der Waals surface area contributed by atoms with Crippen molar-refractivity contribution in [3.63, 3.8) is 0 Å². The molecule has 0 spiro atoms. The van der Waals surface area contributed by atoms with E-state index in [0.29, 0.717) is 16.3 Å². The number of ketones is 1. The summed E-state index contributed by atoms with van der Waals surface area (Å²) in [5, 5.41) is 4.60. The quantitative estimate of drug-likeness (QED) is 0.417. The fourth-order valence-electron chi connectivity index (χ4n) is 2.03. The largest absolute Gasteiger partial charge is 0.287 e. The molecule has 4 nitrogen and oxygen atoms in total. The van der Waals surface area contributed by atoms with Crippen LogP contribution >= 0.6 is 11.6 Å². The van der Waals surface area contributed by atoms with Crippen molar-refractivity contribution in [3.05, 3.63) is 89.5 Å². The van der Waals surface area contributed by atoms with E-state index in [4.69, 9.17) is 11.6 Å². The molecule has 3 aromatic rings. The number of hydrogen-bond acceptors (Lipinski definition) is 3. The van der Waals surface area contributed by atoms with Crippen LogP contribution in [0.1, 0.15) is 15.9 Å². The molecule has 2 aromatic carbocycles. The first-order valence-corrected chi connectivity index (χ1v) is 7.54. The monoisotopic (exact) mass is 333 g/mol. The van der Waals surface area contributed by atoms with E-state index in [-0.39, 0.29) is 5.78 Å². The molecule has 0 saturated heterocycles. The molecule has 0 aliphatic heterocycles. The van der Waals surface area contributed by atoms with Crippen LogP contribution in [0.5, 0.6) is 0 Å². The van der Waals surface area contributed by atoms with Crippen LogP contribution in [-0.4, -0.2) is 20.5 Å². The number of hydrogen-bond donors (Lipinski definition) is 0. The summed E-state index contributed by atoms with van der Waals surface area (Å²) in [5.74, 6) is 5.69. The molecule has 0 fully saturated rings. The van der Waals surface area contributed by atoms with Crippen molar-refractivity contribution in [3.8, 4) is 11.8 Å². The highest BCUT2D eigenvalue weighted by molar-refractivity contribution is 6.31. The van der Waals surface area contributed by atoms with Crippen molar-refractivity contribution in [2.24, 2.45) is 0 Å². The Labute approximate surface area is 144 Å². The van der Waals surface area contributed by atoms with Crippen LogP contribution in [0.25, 0.3) is 5.70 Å². The van der Waals surface area contributed by atoms with Gasteiger partial charge < -0.3 is 0 Å². The highest BCUT2D eigenvalue weighted by Gasteiger charge is 2.14. The van der Waals surface area contributed by atoms with E-state index in [2.05, 4.69) is 21.9 Å². The first-order chi connectivity index (χ1) is 11.7. The second-order valence-corrected chi connectivity index (χ2v) is 5.28. The van der Waals surface area contributed by atoms with Gasteiger partial charge in [-0.05, 0) is 36.4 Å². The number of Topliss-reactive ketones (excluding diaryl/α,β-unsaturated/α-hetero) is 1. The molecular formula is C19H12ClN3O. The number of carbonyl (C=O) groups is 1. The lowest BCUT2D eigenvalue weighted by Crippen LogP contribution is -2.10. The Morgan fingerprint density at radius 2 is 1.83 bits per heavy atom. The van der Waals surface area contributed by atoms with E-state index in [9.17, 15) is 4.79 Å². The van der Waals surface area contributed by atoms with Crippen LogP contribution in [0.15, 0.2) is 73.3 Å². The van der Waals surface area contributed by atoms with Crippen molar-refractivity contribution < 1.29 is 4.79 Å². The van der Waals surface area contributed by atoms with Crippen LogP contribution in [0.3, 0.4) is 0 Å². The number of rotatable bonds is 3. The molecule has 3 rings (SSSR count). The second-order valence-electron chi connectivity index (χ2n) is 4.84. The molecule has 0 amide bonds. The summed E-state index contributed by atoms with van der Waals surface area (Å²) in [7, 11) is 0. The summed E-state index contributed by atoms with van der Waals surface area (Å²) in [4.78, 5) is 16.6. The van der Waals surface area contributed by atoms with E-state index in [1.54, 1.807) is 30.3 Å². The predicted octanol–water partition coefficient (Wildman–Crippen LogP) is 3.71. The topological polar surface area (TPSA) is 47.8 Å². The van der Waals surface area contributed by atoms with Gasteiger partial charge in [0, 0.05) is 22.2 Å². The fraction of sp³-hybridized carbons (Fsp3) is 0. The predicted molar refractivity (Wildman–Crippen MR) is 93.4 cm³/mol. The third-order valence-corrected chi connectivity index (χ3v) is 3.46. The molecule has 1 heterocycles. The minimum absolute atomic E-state index is 0.209. The first kappa shape index (κ1) is 15.7. The maximum absolute atomic E-state index is 12.7. The van der Waals surface area contributed by atoms with Crippen molar-refractivity contribution in [2.45, 2.75) is 0 Å². The Balaban J connectivity index is 1.95. The molecule has 0 bridgehead atoms. The van der Waals surface area contributed by atoms with Crippen LogP contribution in [0, 0.1) is 11.8 Å². The normalized spacial score (nSPS) is 10.8. The van der Waals surface area contributed by atoms with Crippen molar-refractivity contribution >= 4 is 23.1 Å². The molecule has 5 heteroatoms. The summed E-state index contributed by atoms with van der Waals surface area (Å²) in [6.45, 7) is 0. The zero-order chi connectivity index (χ0) is 16.8. The Kier molecular flexibility index (Phi) is 4.85. The standard InChI is InChI=1S/C19H12ClN3O/c20-17-11-9-16(10-12-17)19(24)18(23-14-21-13-22-23)8-4-7-15-5-2-1-3-6-15/h1-3,5-6,8-14H. The summed E-state index contributed by atoms with van der Waals surface area (Å²) in [5.41, 5.74) is 1.69. The molecule has 0 unspecified atom stereocenters. The van der Waals surface area contributed by atoms with Crippen molar-refractivity contribution in [1.82, 2.24) is 14.8 Å². The molecule has 24 heavy (non-hydrogen) atoms. The van der Waals surface area contributed by atoms with E-state index in [1.807, 2.05) is 30.3 Å². The van der Waals surface area contributed by atoms with Gasteiger partial charge in [0.15, 0.2) is 0 Å². The molecule has 0 saturated carbocycles. The molecule has 0 atom stereocenters. The average molecular weight is 334 g/mol. The number of nitrogens with zero attached hydrogens (tertiary/aromatic N) is 3. The van der Waals surface area contributed by atoms with Crippen LogP contribution in [0.4, 0.5) is 0 Å². The van der Waals surface area contributed by atoms with Gasteiger partial charge in [-0.3, -0.25) is 4.79 Å². The first-order valence-electron chi connectivity index (χ1n) is 7.16. The van der Waals surface area contributed by atoms with Gasteiger partial charge in [-0.15, -0.1) is 0 Å². The summed E-state index contributed by atoms with van der Waals surface area (Å²) in [6, 6.07) is 16.2. The van der Waals surface area contributed by atoms with Gasteiger partial charge in [0.1, 0.15) is 18.4 Å². The van der Waals surface area contributed by atoms with E-state index in [1.165, 1.54) is 17.3 Å². The Morgan fingerprint density at radius 3 is 2.50 bits per heavy atom. The lowest BCUT2D eigenvalue weighted by atomic mass is 10.1. The Hall–Kier alpha value is -3.16. The van der Waals surface area contributed by atoms with Crippen molar-refractivity contribution in [2.75, 3.05) is 0 Å². The lowest BCUT2D eigenvalue weighted by molar-refractivity contribution is 0.105. The minimum Gasteiger partial charge on any atom is -0.287 e. The molecule has 116 valence electrons. The highest BCUT2D eigenvalue weighted by Crippen LogP contribution is 2.15. The number of benzene rings is 2. The van der Waals surface area contributed by atoms with Gasteiger partial charge in [0.05, 0.1) is 0 Å². The second kappa shape index (κ2) is 7.40. The molecule has 1 aromatic heterocycles. The maximum Gasteiger partial charge on any atom is 0.212 e. The number of aromatic nitrogens is 3. The van der Waals surface area contributed by atoms with Gasteiger partial charge in [0.25, 0.3) is 0 Å². The van der Waals surface area contributed by atoms with E-state index >= 15 is 0 Å². The fourth-order valence-corrected chi connectivity index (χ4v) is 2.15. The van der Waals surface area contributed by atoms with Crippen LogP contribution in [-0.2, 0) is 0 Å². The lowest BCUT2D eigenvalue weighted by Gasteiger charge is -2.05. The number of halogens is 1. The minimum atomic E-state index is -0.209. The van der Waals surface area contributed by atoms with Gasteiger partial charge in [-0.2, -0.15) is 5.10 Å². The summed E-state index contributed by atoms with van der Waals surface area (Å²) in [6.07, 6.45) is 4.37. The molecule has 0 aliphatic rings. The summed E-state index contributed by atoms with van der Waals surface area (Å²) >= 11 is 5.87. The zero-order valence-electron chi connectivity index (χ0n) is 12.6. The Morgan fingerprint density at radius 1 is 1.08 bits per heavy atom. The molecule has 0 radical (unpaired) electrons. The van der Waals surface area contributed by atoms with Crippen molar-refractivity contribution in [1.29, 1.82) is 0 Å². The van der Waals surface area contributed by atoms with Gasteiger partial charge in [0.2, 0.25) is 5.78 Å². The van der Waals surface area contributed by atoms with Gasteiger partial charge in [-0.25, -0.2) is 9.67 Å². The van der Waals surface area contributed by atoms with Crippen LogP contribution < -0.4 is 0 Å². The van der Waals surface area contributed by atoms with Crippen LogP contribution in [0.2, 0.25) is 5.02 Å². The number of carbonyl (C=O) groups excluding carboxylic acids is 1. The molecule has 0 N–H and O–H groups in total. The SMILES string of the molecule is O=C(C(=CC#Cc1ccccc1)n1cncn1)c1ccc(Cl)cc1. The van der Waals surface area contributed by atoms with E-state index in [0.717, 1.165) is 5.56 Å². The zero-order valence-corrected chi connectivity index (χ0v) is 13.3. The van der Waals surface area contributed by atoms with E-state index < -0.39 is 0 Å². The maximum atomic E-state index is 12.7. The molecular weight excluding hydrogens is 322 g/mol. The van der Waals surface area contributed by atoms with Gasteiger partial charge >= 0.3 is 0 Å². The highest BCUT2D eigenvalue weighted by atomic mass is 35.5. The smallest absolute Gasteiger partial charge is 0.212 e. The van der Waals surface area contributed by atoms with Gasteiger partial charge in [-0.1, -0.05) is 41.6 Å².